The largest absolute Gasteiger partial charge is 0.348 e. The highest BCUT2D eigenvalue weighted by Gasteiger charge is 2.19. The summed E-state index contributed by atoms with van der Waals surface area (Å²) in [6.07, 6.45) is 3.69. The van der Waals surface area contributed by atoms with Gasteiger partial charge in [-0.05, 0) is 79.4 Å². The Labute approximate surface area is 208 Å². The van der Waals surface area contributed by atoms with E-state index in [2.05, 4.69) is 22.3 Å². The summed E-state index contributed by atoms with van der Waals surface area (Å²) < 4.78 is 26.4. The molecule has 1 N–H and O–H groups in total. The predicted molar refractivity (Wildman–Crippen MR) is 141 cm³/mol. The molecule has 0 aromatic heterocycles. The summed E-state index contributed by atoms with van der Waals surface area (Å²) in [6.45, 7) is 5.82. The zero-order chi connectivity index (χ0) is 24.8. The van der Waals surface area contributed by atoms with Gasteiger partial charge in [0.25, 0.3) is 5.91 Å². The first-order valence-corrected chi connectivity index (χ1v) is 13.9. The van der Waals surface area contributed by atoms with Gasteiger partial charge in [-0.1, -0.05) is 48.5 Å². The van der Waals surface area contributed by atoms with E-state index in [-0.39, 0.29) is 12.5 Å². The Morgan fingerprint density at radius 2 is 1.49 bits per heavy atom. The monoisotopic (exact) mass is 491 g/mol. The van der Waals surface area contributed by atoms with Crippen LogP contribution in [0, 0.1) is 6.92 Å². The lowest BCUT2D eigenvalue weighted by Crippen LogP contribution is -2.29. The Morgan fingerprint density at radius 1 is 0.886 bits per heavy atom. The molecule has 1 aliphatic heterocycles. The van der Waals surface area contributed by atoms with Crippen LogP contribution in [0.3, 0.4) is 0 Å². The van der Waals surface area contributed by atoms with E-state index in [1.807, 2.05) is 43.3 Å². The van der Waals surface area contributed by atoms with Crippen molar-refractivity contribution in [3.63, 3.8) is 0 Å². The second kappa shape index (κ2) is 11.1. The summed E-state index contributed by atoms with van der Waals surface area (Å²) in [5.74, 6) is -0.183. The molecule has 184 valence electrons. The number of rotatable bonds is 9. The average Bonchev–Trinajstić information content (AvgIpc) is 3.35. The minimum absolute atomic E-state index is 0.183. The van der Waals surface area contributed by atoms with E-state index in [0.717, 1.165) is 36.3 Å². The fraction of sp³-hybridized carbons (Fsp3) is 0.321. The molecule has 1 aliphatic rings. The number of nitrogens with one attached hydrogen (secondary N) is 1. The normalized spacial score (nSPS) is 14.1. The van der Waals surface area contributed by atoms with Crippen LogP contribution < -0.4 is 9.62 Å². The van der Waals surface area contributed by atoms with Gasteiger partial charge in [-0.25, -0.2) is 8.42 Å². The third kappa shape index (κ3) is 6.50. The predicted octanol–water partition coefficient (Wildman–Crippen LogP) is 4.49. The van der Waals surface area contributed by atoms with E-state index in [1.54, 1.807) is 24.3 Å². The summed E-state index contributed by atoms with van der Waals surface area (Å²) in [4.78, 5) is 15.3. The Morgan fingerprint density at radius 3 is 2.11 bits per heavy atom. The van der Waals surface area contributed by atoms with Gasteiger partial charge in [0.05, 0.1) is 18.5 Å². The molecule has 0 saturated carbocycles. The van der Waals surface area contributed by atoms with Crippen LogP contribution in [0.25, 0.3) is 0 Å². The van der Waals surface area contributed by atoms with Crippen LogP contribution in [0.2, 0.25) is 0 Å². The number of aryl methyl sites for hydroxylation is 1. The van der Waals surface area contributed by atoms with Crippen molar-refractivity contribution in [2.45, 2.75) is 39.4 Å². The number of likely N-dealkylation sites (tertiary alicyclic amines) is 1. The lowest BCUT2D eigenvalue weighted by molar-refractivity contribution is 0.0950. The van der Waals surface area contributed by atoms with Crippen molar-refractivity contribution >= 4 is 21.6 Å². The maximum absolute atomic E-state index is 12.8. The van der Waals surface area contributed by atoms with Gasteiger partial charge < -0.3 is 5.32 Å². The van der Waals surface area contributed by atoms with Crippen LogP contribution in [0.15, 0.2) is 72.8 Å². The SMILES string of the molecule is Cc1ccccc1CN(c1ccc(C(=O)NCc2ccccc2CN2CCCC2)cc1)S(C)(=O)=O. The molecular formula is C28H33N3O3S. The first-order chi connectivity index (χ1) is 16.8. The van der Waals surface area contributed by atoms with E-state index in [0.29, 0.717) is 17.8 Å². The number of sulfonamides is 1. The molecule has 7 heteroatoms. The summed E-state index contributed by atoms with van der Waals surface area (Å²) in [5, 5.41) is 3.02. The van der Waals surface area contributed by atoms with Crippen LogP contribution in [-0.2, 0) is 29.7 Å². The zero-order valence-electron chi connectivity index (χ0n) is 20.4. The number of carbonyl (C=O) groups is 1. The van der Waals surface area contributed by atoms with Crippen LogP contribution in [0.5, 0.6) is 0 Å². The van der Waals surface area contributed by atoms with Crippen LogP contribution >= 0.6 is 0 Å². The van der Waals surface area contributed by atoms with E-state index in [4.69, 9.17) is 0 Å². The van der Waals surface area contributed by atoms with Crippen molar-refractivity contribution in [2.24, 2.45) is 0 Å². The fourth-order valence-corrected chi connectivity index (χ4v) is 5.34. The van der Waals surface area contributed by atoms with Gasteiger partial charge in [0.2, 0.25) is 10.0 Å². The highest BCUT2D eigenvalue weighted by Crippen LogP contribution is 2.23. The molecule has 6 nitrogen and oxygen atoms in total. The number of hydrogen-bond acceptors (Lipinski definition) is 4. The highest BCUT2D eigenvalue weighted by molar-refractivity contribution is 7.92. The van der Waals surface area contributed by atoms with Gasteiger partial charge in [0.1, 0.15) is 0 Å². The molecule has 3 aromatic rings. The van der Waals surface area contributed by atoms with Crippen molar-refractivity contribution in [2.75, 3.05) is 23.7 Å². The van der Waals surface area contributed by atoms with Gasteiger partial charge in [-0.2, -0.15) is 0 Å². The third-order valence-electron chi connectivity index (χ3n) is 6.54. The molecule has 0 unspecified atom stereocenters. The van der Waals surface area contributed by atoms with Crippen molar-refractivity contribution in [3.05, 3.63) is 101 Å². The molecule has 1 amide bonds. The van der Waals surface area contributed by atoms with E-state index in [9.17, 15) is 13.2 Å². The lowest BCUT2D eigenvalue weighted by Gasteiger charge is -2.23. The van der Waals surface area contributed by atoms with Crippen molar-refractivity contribution < 1.29 is 13.2 Å². The Kier molecular flexibility index (Phi) is 7.88. The molecule has 1 heterocycles. The third-order valence-corrected chi connectivity index (χ3v) is 7.68. The van der Waals surface area contributed by atoms with Crippen LogP contribution in [0.4, 0.5) is 5.69 Å². The van der Waals surface area contributed by atoms with Crippen molar-refractivity contribution in [1.29, 1.82) is 0 Å². The Hall–Kier alpha value is -3.16. The first-order valence-electron chi connectivity index (χ1n) is 12.0. The molecule has 35 heavy (non-hydrogen) atoms. The smallest absolute Gasteiger partial charge is 0.251 e. The Bertz CT molecular complexity index is 1270. The fourth-order valence-electron chi connectivity index (χ4n) is 4.46. The molecular weight excluding hydrogens is 458 g/mol. The topological polar surface area (TPSA) is 69.7 Å². The number of amides is 1. The number of anilines is 1. The molecule has 4 rings (SSSR count). The van der Waals surface area contributed by atoms with Gasteiger partial charge in [0, 0.05) is 18.7 Å². The minimum atomic E-state index is -3.50. The average molecular weight is 492 g/mol. The molecule has 0 spiro atoms. The van der Waals surface area contributed by atoms with Gasteiger partial charge in [0.15, 0.2) is 0 Å². The van der Waals surface area contributed by atoms with Crippen molar-refractivity contribution in [3.8, 4) is 0 Å². The van der Waals surface area contributed by atoms with Gasteiger partial charge in [-0.3, -0.25) is 14.0 Å². The zero-order valence-corrected chi connectivity index (χ0v) is 21.2. The molecule has 0 bridgehead atoms. The van der Waals surface area contributed by atoms with Crippen LogP contribution in [-0.4, -0.2) is 38.6 Å². The highest BCUT2D eigenvalue weighted by atomic mass is 32.2. The second-order valence-corrected chi connectivity index (χ2v) is 11.1. The summed E-state index contributed by atoms with van der Waals surface area (Å²) >= 11 is 0. The van der Waals surface area contributed by atoms with Crippen LogP contribution in [0.1, 0.15) is 45.5 Å². The first kappa shape index (κ1) is 24.9. The second-order valence-electron chi connectivity index (χ2n) is 9.18. The lowest BCUT2D eigenvalue weighted by atomic mass is 10.1. The molecule has 0 radical (unpaired) electrons. The maximum atomic E-state index is 12.8. The van der Waals surface area contributed by atoms with Gasteiger partial charge in [-0.15, -0.1) is 0 Å². The minimum Gasteiger partial charge on any atom is -0.348 e. The summed E-state index contributed by atoms with van der Waals surface area (Å²) in [6, 6.07) is 22.7. The van der Waals surface area contributed by atoms with E-state index >= 15 is 0 Å². The molecule has 1 saturated heterocycles. The van der Waals surface area contributed by atoms with E-state index in [1.165, 1.54) is 29.0 Å². The van der Waals surface area contributed by atoms with E-state index < -0.39 is 10.0 Å². The maximum Gasteiger partial charge on any atom is 0.251 e. The number of carbonyl (C=O) groups excluding carboxylic acids is 1. The number of benzene rings is 3. The molecule has 0 atom stereocenters. The number of nitrogens with zero attached hydrogens (tertiary/aromatic N) is 2. The van der Waals surface area contributed by atoms with Crippen molar-refractivity contribution in [1.82, 2.24) is 10.2 Å². The molecule has 0 aliphatic carbocycles. The quantitative estimate of drug-likeness (QED) is 0.479. The Balaban J connectivity index is 1.43. The number of hydrogen-bond donors (Lipinski definition) is 1. The summed E-state index contributed by atoms with van der Waals surface area (Å²) in [5.41, 5.74) is 5.35. The summed E-state index contributed by atoms with van der Waals surface area (Å²) in [7, 11) is -3.50. The molecule has 3 aromatic carbocycles. The standard InChI is InChI=1S/C28H33N3O3S/c1-22-9-3-4-11-25(22)21-31(35(2,33)34)27-15-13-23(14-16-27)28(32)29-19-24-10-5-6-12-26(24)20-30-17-7-8-18-30/h3-6,9-16H,7-8,17-21H2,1-2H3,(H,29,32). The van der Waals surface area contributed by atoms with Gasteiger partial charge >= 0.3 is 0 Å². The molecule has 1 fully saturated rings.